The molecule has 1 aliphatic carbocycles. The van der Waals surface area contributed by atoms with E-state index >= 15 is 0 Å². The average molecular weight is 236 g/mol. The topological polar surface area (TPSA) is 29.5 Å². The molecule has 92 valence electrons. The van der Waals surface area contributed by atoms with E-state index in [2.05, 4.69) is 0 Å². The van der Waals surface area contributed by atoms with Crippen molar-refractivity contribution in [1.82, 2.24) is 0 Å². The lowest BCUT2D eigenvalue weighted by molar-refractivity contribution is -0.0107. The zero-order valence-corrected chi connectivity index (χ0v) is 9.95. The summed E-state index contributed by atoms with van der Waals surface area (Å²) in [5, 5.41) is 10.1. The Morgan fingerprint density at radius 2 is 2.24 bits per heavy atom. The first-order chi connectivity index (χ1) is 8.06. The van der Waals surface area contributed by atoms with Gasteiger partial charge in [0.2, 0.25) is 0 Å². The summed E-state index contributed by atoms with van der Waals surface area (Å²) in [6.45, 7) is 2.04. The van der Waals surface area contributed by atoms with Gasteiger partial charge in [0.15, 0.2) is 0 Å². The molecule has 0 spiro atoms. The highest BCUT2D eigenvalue weighted by Gasteiger charge is 2.40. The van der Waals surface area contributed by atoms with Crippen LogP contribution in [0.15, 0.2) is 18.2 Å². The summed E-state index contributed by atoms with van der Waals surface area (Å²) in [5.41, 5.74) is 0.282. The molecule has 2 aliphatic rings. The van der Waals surface area contributed by atoms with E-state index in [0.717, 1.165) is 12.3 Å². The lowest BCUT2D eigenvalue weighted by Crippen LogP contribution is -2.38. The maximum absolute atomic E-state index is 13.1. The fourth-order valence-corrected chi connectivity index (χ4v) is 2.76. The standard InChI is InChI=1S/C14H17FO2/c1-14(7-9-2-3-9)8-12(16)11-6-10(15)4-5-13(11)17-14/h4-6,9,12,16H,2-3,7-8H2,1H3/t12-,14?/m0/s1. The number of benzene rings is 1. The minimum atomic E-state index is -0.613. The predicted molar refractivity (Wildman–Crippen MR) is 62.4 cm³/mol. The van der Waals surface area contributed by atoms with Crippen molar-refractivity contribution in [1.29, 1.82) is 0 Å². The van der Waals surface area contributed by atoms with Gasteiger partial charge in [0.05, 0.1) is 6.10 Å². The van der Waals surface area contributed by atoms with E-state index < -0.39 is 6.10 Å². The summed E-state index contributed by atoms with van der Waals surface area (Å²) in [5.74, 6) is 1.06. The third kappa shape index (κ3) is 2.16. The molecule has 1 N–H and O–H groups in total. The summed E-state index contributed by atoms with van der Waals surface area (Å²) in [7, 11) is 0. The van der Waals surface area contributed by atoms with Gasteiger partial charge in [0, 0.05) is 12.0 Å². The maximum atomic E-state index is 13.1. The Hall–Kier alpha value is -1.09. The first-order valence-corrected chi connectivity index (χ1v) is 6.22. The smallest absolute Gasteiger partial charge is 0.126 e. The van der Waals surface area contributed by atoms with Crippen molar-refractivity contribution in [3.05, 3.63) is 29.6 Å². The molecule has 1 saturated carbocycles. The van der Waals surface area contributed by atoms with Crippen molar-refractivity contribution < 1.29 is 14.2 Å². The Morgan fingerprint density at radius 3 is 2.94 bits per heavy atom. The lowest BCUT2D eigenvalue weighted by Gasteiger charge is -2.38. The van der Waals surface area contributed by atoms with E-state index in [9.17, 15) is 9.50 Å². The number of aliphatic hydroxyl groups excluding tert-OH is 1. The Kier molecular flexibility index (Phi) is 2.40. The molecule has 1 unspecified atom stereocenters. The summed E-state index contributed by atoms with van der Waals surface area (Å²) < 4.78 is 19.1. The van der Waals surface area contributed by atoms with Gasteiger partial charge in [-0.1, -0.05) is 12.8 Å². The molecule has 3 heteroatoms. The van der Waals surface area contributed by atoms with Crippen molar-refractivity contribution in [2.24, 2.45) is 5.92 Å². The normalized spacial score (nSPS) is 31.8. The molecular weight excluding hydrogens is 219 g/mol. The highest BCUT2D eigenvalue weighted by atomic mass is 19.1. The predicted octanol–water partition coefficient (Wildman–Crippen LogP) is 3.20. The van der Waals surface area contributed by atoms with Crippen LogP contribution in [0.5, 0.6) is 5.75 Å². The van der Waals surface area contributed by atoms with Crippen LogP contribution in [0.3, 0.4) is 0 Å². The van der Waals surface area contributed by atoms with Crippen molar-refractivity contribution in [2.75, 3.05) is 0 Å². The maximum Gasteiger partial charge on any atom is 0.126 e. The van der Waals surface area contributed by atoms with Gasteiger partial charge in [-0.05, 0) is 37.5 Å². The first kappa shape index (κ1) is 11.0. The monoisotopic (exact) mass is 236 g/mol. The minimum absolute atomic E-state index is 0.300. The van der Waals surface area contributed by atoms with Gasteiger partial charge in [0.1, 0.15) is 17.2 Å². The molecule has 17 heavy (non-hydrogen) atoms. The van der Waals surface area contributed by atoms with Crippen LogP contribution in [-0.2, 0) is 0 Å². The second-order valence-electron chi connectivity index (χ2n) is 5.60. The van der Waals surface area contributed by atoms with Crippen LogP contribution in [0, 0.1) is 11.7 Å². The van der Waals surface area contributed by atoms with Crippen LogP contribution in [0.1, 0.15) is 44.3 Å². The molecule has 0 saturated heterocycles. The molecule has 0 radical (unpaired) electrons. The van der Waals surface area contributed by atoms with Gasteiger partial charge in [-0.15, -0.1) is 0 Å². The van der Waals surface area contributed by atoms with Crippen molar-refractivity contribution in [3.63, 3.8) is 0 Å². The molecule has 1 heterocycles. The number of hydrogen-bond acceptors (Lipinski definition) is 2. The third-order valence-electron chi connectivity index (χ3n) is 3.73. The number of rotatable bonds is 2. The van der Waals surface area contributed by atoms with Gasteiger partial charge >= 0.3 is 0 Å². The minimum Gasteiger partial charge on any atom is -0.487 e. The lowest BCUT2D eigenvalue weighted by atomic mass is 9.86. The van der Waals surface area contributed by atoms with Gasteiger partial charge in [-0.2, -0.15) is 0 Å². The Bertz CT molecular complexity index is 442. The Labute approximate surface area is 100 Å². The van der Waals surface area contributed by atoms with E-state index in [4.69, 9.17) is 4.74 Å². The van der Waals surface area contributed by atoms with E-state index in [1.807, 2.05) is 6.92 Å². The summed E-state index contributed by atoms with van der Waals surface area (Å²) in [4.78, 5) is 0. The van der Waals surface area contributed by atoms with E-state index in [0.29, 0.717) is 17.7 Å². The SMILES string of the molecule is CC1(CC2CC2)C[C@H](O)c2cc(F)ccc2O1. The molecular formula is C14H17FO2. The van der Waals surface area contributed by atoms with Crippen molar-refractivity contribution in [3.8, 4) is 5.75 Å². The molecule has 0 amide bonds. The number of halogens is 1. The van der Waals surface area contributed by atoms with E-state index in [1.165, 1.54) is 25.0 Å². The highest BCUT2D eigenvalue weighted by Crippen LogP contribution is 2.46. The van der Waals surface area contributed by atoms with E-state index in [-0.39, 0.29) is 11.4 Å². The van der Waals surface area contributed by atoms with Crippen LogP contribution in [0.25, 0.3) is 0 Å². The third-order valence-corrected chi connectivity index (χ3v) is 3.73. The second kappa shape index (κ2) is 3.70. The van der Waals surface area contributed by atoms with E-state index in [1.54, 1.807) is 6.07 Å². The largest absolute Gasteiger partial charge is 0.487 e. The van der Waals surface area contributed by atoms with Gasteiger partial charge in [-0.3, -0.25) is 0 Å². The molecule has 1 aromatic carbocycles. The number of fused-ring (bicyclic) bond motifs is 1. The fraction of sp³-hybridized carbons (Fsp3) is 0.571. The zero-order chi connectivity index (χ0) is 12.0. The van der Waals surface area contributed by atoms with Crippen LogP contribution >= 0.6 is 0 Å². The highest BCUT2D eigenvalue weighted by molar-refractivity contribution is 5.38. The van der Waals surface area contributed by atoms with Crippen LogP contribution in [0.4, 0.5) is 4.39 Å². The number of hydrogen-bond donors (Lipinski definition) is 1. The molecule has 1 fully saturated rings. The zero-order valence-electron chi connectivity index (χ0n) is 9.95. The van der Waals surface area contributed by atoms with Gasteiger partial charge in [-0.25, -0.2) is 4.39 Å². The summed E-state index contributed by atoms with van der Waals surface area (Å²) in [6, 6.07) is 4.38. The van der Waals surface area contributed by atoms with Crippen LogP contribution in [0.2, 0.25) is 0 Å². The molecule has 2 atom stereocenters. The molecule has 3 rings (SSSR count). The average Bonchev–Trinajstić information content (AvgIpc) is 3.03. The molecule has 1 aliphatic heterocycles. The number of ether oxygens (including phenoxy) is 1. The van der Waals surface area contributed by atoms with Crippen molar-refractivity contribution in [2.45, 2.75) is 44.3 Å². The first-order valence-electron chi connectivity index (χ1n) is 6.22. The molecule has 0 bridgehead atoms. The van der Waals surface area contributed by atoms with Crippen molar-refractivity contribution >= 4 is 0 Å². The molecule has 1 aromatic rings. The van der Waals surface area contributed by atoms with Crippen LogP contribution < -0.4 is 4.74 Å². The Balaban J connectivity index is 1.88. The quantitative estimate of drug-likeness (QED) is 0.854. The summed E-state index contributed by atoms with van der Waals surface area (Å²) in [6.07, 6.45) is 3.47. The second-order valence-corrected chi connectivity index (χ2v) is 5.60. The van der Waals surface area contributed by atoms with Gasteiger partial charge in [0.25, 0.3) is 0 Å². The van der Waals surface area contributed by atoms with Gasteiger partial charge < -0.3 is 9.84 Å². The summed E-state index contributed by atoms with van der Waals surface area (Å²) >= 11 is 0. The van der Waals surface area contributed by atoms with Crippen LogP contribution in [-0.4, -0.2) is 10.7 Å². The molecule has 0 aromatic heterocycles. The number of aliphatic hydroxyl groups is 1. The fourth-order valence-electron chi connectivity index (χ4n) is 2.76. The molecule has 2 nitrogen and oxygen atoms in total. The Morgan fingerprint density at radius 1 is 1.47 bits per heavy atom.